The third-order valence-corrected chi connectivity index (χ3v) is 2.95. The molecular formula is C13H20INO. The molecule has 0 aliphatic carbocycles. The second-order valence-electron chi connectivity index (χ2n) is 4.69. The number of hydrogen-bond donors (Lipinski definition) is 1. The first-order valence-corrected chi connectivity index (χ1v) is 6.70. The lowest BCUT2D eigenvalue weighted by molar-refractivity contribution is 0.177. The quantitative estimate of drug-likeness (QED) is 0.807. The van der Waals surface area contributed by atoms with E-state index in [0.717, 1.165) is 25.4 Å². The lowest BCUT2D eigenvalue weighted by Gasteiger charge is -2.25. The summed E-state index contributed by atoms with van der Waals surface area (Å²) < 4.78 is 7.01. The normalized spacial score (nSPS) is 11.5. The molecule has 0 atom stereocenters. The first-order chi connectivity index (χ1) is 7.53. The molecule has 0 fully saturated rings. The summed E-state index contributed by atoms with van der Waals surface area (Å²) in [4.78, 5) is 0. The first-order valence-electron chi connectivity index (χ1n) is 5.62. The zero-order valence-corrected chi connectivity index (χ0v) is 12.4. The van der Waals surface area contributed by atoms with Crippen molar-refractivity contribution in [3.63, 3.8) is 0 Å². The Kier molecular flexibility index (Phi) is 5.55. The molecular weight excluding hydrogens is 313 g/mol. The third-order valence-electron chi connectivity index (χ3n) is 2.28. The summed E-state index contributed by atoms with van der Waals surface area (Å²) in [5.41, 5.74) is 0.164. The Bertz CT molecular complexity index is 325. The molecule has 0 spiro atoms. The summed E-state index contributed by atoms with van der Waals surface area (Å²) in [6, 6.07) is 8.15. The molecule has 90 valence electrons. The Hall–Kier alpha value is -0.290. The number of halogens is 1. The van der Waals surface area contributed by atoms with Crippen LogP contribution in [0.3, 0.4) is 0 Å². The van der Waals surface area contributed by atoms with Gasteiger partial charge in [0, 0.05) is 15.5 Å². The standard InChI is InChI=1S/C13H20INO/c1-4-15-9-13(2,3)10-16-12-7-5-6-11(14)8-12/h5-8,15H,4,9-10H2,1-3H3. The zero-order chi connectivity index (χ0) is 12.0. The van der Waals surface area contributed by atoms with E-state index in [0.29, 0.717) is 0 Å². The predicted octanol–water partition coefficient (Wildman–Crippen LogP) is 3.31. The van der Waals surface area contributed by atoms with Gasteiger partial charge in [-0.3, -0.25) is 0 Å². The molecule has 0 unspecified atom stereocenters. The highest BCUT2D eigenvalue weighted by atomic mass is 127. The van der Waals surface area contributed by atoms with Crippen molar-refractivity contribution in [2.24, 2.45) is 5.41 Å². The Labute approximate surface area is 112 Å². The molecule has 1 N–H and O–H groups in total. The van der Waals surface area contributed by atoms with Crippen LogP contribution in [0.5, 0.6) is 5.75 Å². The fourth-order valence-electron chi connectivity index (χ4n) is 1.35. The minimum atomic E-state index is 0.164. The van der Waals surface area contributed by atoms with E-state index in [-0.39, 0.29) is 5.41 Å². The van der Waals surface area contributed by atoms with E-state index in [2.05, 4.69) is 60.8 Å². The van der Waals surface area contributed by atoms with Gasteiger partial charge in [-0.2, -0.15) is 0 Å². The average Bonchev–Trinajstić information content (AvgIpc) is 2.24. The van der Waals surface area contributed by atoms with Crippen molar-refractivity contribution in [2.75, 3.05) is 19.7 Å². The summed E-state index contributed by atoms with van der Waals surface area (Å²) in [5.74, 6) is 0.955. The molecule has 0 heterocycles. The molecule has 0 saturated heterocycles. The topological polar surface area (TPSA) is 21.3 Å². The van der Waals surface area contributed by atoms with Gasteiger partial charge in [0.15, 0.2) is 0 Å². The van der Waals surface area contributed by atoms with Crippen LogP contribution in [0.4, 0.5) is 0 Å². The van der Waals surface area contributed by atoms with Gasteiger partial charge in [0.1, 0.15) is 5.75 Å². The summed E-state index contributed by atoms with van der Waals surface area (Å²) in [6.07, 6.45) is 0. The average molecular weight is 333 g/mol. The SMILES string of the molecule is CCNCC(C)(C)COc1cccc(I)c1. The number of rotatable bonds is 6. The summed E-state index contributed by atoms with van der Waals surface area (Å²) >= 11 is 2.30. The molecule has 0 aromatic heterocycles. The summed E-state index contributed by atoms with van der Waals surface area (Å²) in [7, 11) is 0. The number of ether oxygens (including phenoxy) is 1. The molecule has 3 heteroatoms. The maximum absolute atomic E-state index is 5.80. The van der Waals surface area contributed by atoms with E-state index in [1.54, 1.807) is 0 Å². The fourth-order valence-corrected chi connectivity index (χ4v) is 1.86. The van der Waals surface area contributed by atoms with Gasteiger partial charge < -0.3 is 10.1 Å². The molecule has 0 saturated carbocycles. The van der Waals surface area contributed by atoms with E-state index < -0.39 is 0 Å². The van der Waals surface area contributed by atoms with Gasteiger partial charge >= 0.3 is 0 Å². The van der Waals surface area contributed by atoms with Crippen molar-refractivity contribution >= 4 is 22.6 Å². The Morgan fingerprint density at radius 2 is 2.12 bits per heavy atom. The van der Waals surface area contributed by atoms with Gasteiger partial charge in [0.25, 0.3) is 0 Å². The van der Waals surface area contributed by atoms with Gasteiger partial charge in [0.2, 0.25) is 0 Å². The van der Waals surface area contributed by atoms with Crippen molar-refractivity contribution in [2.45, 2.75) is 20.8 Å². The van der Waals surface area contributed by atoms with Crippen LogP contribution in [0.2, 0.25) is 0 Å². The molecule has 0 bridgehead atoms. The van der Waals surface area contributed by atoms with Crippen LogP contribution in [-0.2, 0) is 0 Å². The van der Waals surface area contributed by atoms with Crippen LogP contribution in [0.15, 0.2) is 24.3 Å². The van der Waals surface area contributed by atoms with Crippen LogP contribution < -0.4 is 10.1 Å². The zero-order valence-electron chi connectivity index (χ0n) is 10.2. The smallest absolute Gasteiger partial charge is 0.120 e. The van der Waals surface area contributed by atoms with Gasteiger partial charge in [-0.1, -0.05) is 26.8 Å². The van der Waals surface area contributed by atoms with Gasteiger partial charge in [0.05, 0.1) is 6.61 Å². The lowest BCUT2D eigenvalue weighted by atomic mass is 9.95. The largest absolute Gasteiger partial charge is 0.493 e. The van der Waals surface area contributed by atoms with Gasteiger partial charge in [-0.05, 0) is 47.3 Å². The Morgan fingerprint density at radius 1 is 1.38 bits per heavy atom. The monoisotopic (exact) mass is 333 g/mol. The van der Waals surface area contributed by atoms with Crippen LogP contribution in [0, 0.1) is 8.99 Å². The summed E-state index contributed by atoms with van der Waals surface area (Å²) in [5, 5.41) is 3.35. The van der Waals surface area contributed by atoms with Crippen molar-refractivity contribution in [3.8, 4) is 5.75 Å². The molecule has 0 radical (unpaired) electrons. The highest BCUT2D eigenvalue weighted by Crippen LogP contribution is 2.19. The van der Waals surface area contributed by atoms with Crippen LogP contribution in [0.1, 0.15) is 20.8 Å². The highest BCUT2D eigenvalue weighted by molar-refractivity contribution is 14.1. The van der Waals surface area contributed by atoms with Crippen LogP contribution in [-0.4, -0.2) is 19.7 Å². The van der Waals surface area contributed by atoms with E-state index in [4.69, 9.17) is 4.74 Å². The Balaban J connectivity index is 2.44. The van der Waals surface area contributed by atoms with E-state index in [9.17, 15) is 0 Å². The second-order valence-corrected chi connectivity index (χ2v) is 5.94. The van der Waals surface area contributed by atoms with Crippen molar-refractivity contribution < 1.29 is 4.74 Å². The van der Waals surface area contributed by atoms with Crippen molar-refractivity contribution in [3.05, 3.63) is 27.8 Å². The predicted molar refractivity (Wildman–Crippen MR) is 77.0 cm³/mol. The van der Waals surface area contributed by atoms with Crippen LogP contribution >= 0.6 is 22.6 Å². The van der Waals surface area contributed by atoms with Gasteiger partial charge in [-0.15, -0.1) is 0 Å². The van der Waals surface area contributed by atoms with Crippen molar-refractivity contribution in [1.29, 1.82) is 0 Å². The van der Waals surface area contributed by atoms with E-state index >= 15 is 0 Å². The van der Waals surface area contributed by atoms with E-state index in [1.165, 1.54) is 3.57 Å². The fraction of sp³-hybridized carbons (Fsp3) is 0.538. The summed E-state index contributed by atoms with van der Waals surface area (Å²) in [6.45, 7) is 9.27. The van der Waals surface area contributed by atoms with Gasteiger partial charge in [-0.25, -0.2) is 0 Å². The number of benzene rings is 1. The minimum Gasteiger partial charge on any atom is -0.493 e. The number of nitrogens with one attached hydrogen (secondary N) is 1. The Morgan fingerprint density at radius 3 is 2.75 bits per heavy atom. The second kappa shape index (κ2) is 6.45. The number of hydrogen-bond acceptors (Lipinski definition) is 2. The van der Waals surface area contributed by atoms with Crippen LogP contribution in [0.25, 0.3) is 0 Å². The van der Waals surface area contributed by atoms with Crippen molar-refractivity contribution in [1.82, 2.24) is 5.32 Å². The molecule has 1 rings (SSSR count). The third kappa shape index (κ3) is 5.16. The molecule has 1 aromatic rings. The molecule has 0 aliphatic heterocycles. The maximum atomic E-state index is 5.80. The minimum absolute atomic E-state index is 0.164. The molecule has 1 aromatic carbocycles. The first kappa shape index (κ1) is 13.8. The molecule has 0 amide bonds. The molecule has 2 nitrogen and oxygen atoms in total. The maximum Gasteiger partial charge on any atom is 0.120 e. The molecule has 16 heavy (non-hydrogen) atoms. The molecule has 0 aliphatic rings. The lowest BCUT2D eigenvalue weighted by Crippen LogP contribution is -2.34. The highest BCUT2D eigenvalue weighted by Gasteiger charge is 2.18. The van der Waals surface area contributed by atoms with E-state index in [1.807, 2.05) is 12.1 Å².